The predicted octanol–water partition coefficient (Wildman–Crippen LogP) is 3.23. The van der Waals surface area contributed by atoms with Crippen molar-refractivity contribution in [1.82, 2.24) is 10.6 Å². The summed E-state index contributed by atoms with van der Waals surface area (Å²) in [4.78, 5) is 11.7. The van der Waals surface area contributed by atoms with Gasteiger partial charge in [0.25, 0.3) is 0 Å². The first kappa shape index (κ1) is 16.8. The van der Waals surface area contributed by atoms with Crippen molar-refractivity contribution in [3.63, 3.8) is 0 Å². The van der Waals surface area contributed by atoms with Gasteiger partial charge in [0.1, 0.15) is 11.5 Å². The average molecular weight is 324 g/mol. The van der Waals surface area contributed by atoms with Gasteiger partial charge in [0.2, 0.25) is 0 Å². The van der Waals surface area contributed by atoms with Crippen LogP contribution in [0.2, 0.25) is 0 Å². The monoisotopic (exact) mass is 324 g/mol. The molecule has 0 aliphatic rings. The number of rotatable bonds is 7. The number of nitrogens with one attached hydrogen (secondary N) is 2. The lowest BCUT2D eigenvalue weighted by atomic mass is 10.1. The number of hydrogen-bond donors (Lipinski definition) is 2. The van der Waals surface area contributed by atoms with Crippen LogP contribution in [0, 0.1) is 6.92 Å². The maximum absolute atomic E-state index is 12.0. The van der Waals surface area contributed by atoms with Gasteiger partial charge in [0.15, 0.2) is 0 Å². The highest BCUT2D eigenvalue weighted by Crippen LogP contribution is 2.15. The molecule has 1 aromatic carbocycles. The van der Waals surface area contributed by atoms with Crippen molar-refractivity contribution in [2.75, 3.05) is 6.54 Å². The fourth-order valence-corrected chi connectivity index (χ4v) is 1.99. The molecule has 23 heavy (non-hydrogen) atoms. The number of carbonyl (C=O) groups excluding carboxylic acids is 1. The molecular formula is C16H18F2N2O3. The summed E-state index contributed by atoms with van der Waals surface area (Å²) in [5.41, 5.74) is 1.84. The van der Waals surface area contributed by atoms with E-state index >= 15 is 0 Å². The molecule has 0 bridgehead atoms. The maximum Gasteiger partial charge on any atom is 0.387 e. The Balaban J connectivity index is 1.68. The van der Waals surface area contributed by atoms with Crippen LogP contribution >= 0.6 is 0 Å². The molecule has 124 valence electrons. The van der Waals surface area contributed by atoms with Crippen LogP contribution in [0.4, 0.5) is 13.6 Å². The summed E-state index contributed by atoms with van der Waals surface area (Å²) in [5.74, 6) is 0.890. The highest BCUT2D eigenvalue weighted by atomic mass is 19.3. The first-order valence-electron chi connectivity index (χ1n) is 7.13. The van der Waals surface area contributed by atoms with Crippen molar-refractivity contribution < 1.29 is 22.7 Å². The fraction of sp³-hybridized carbons (Fsp3) is 0.312. The van der Waals surface area contributed by atoms with E-state index in [0.29, 0.717) is 19.5 Å². The molecular weight excluding hydrogens is 306 g/mol. The largest absolute Gasteiger partial charge is 0.469 e. The Bertz CT molecular complexity index is 627. The Hall–Kier alpha value is -2.57. The van der Waals surface area contributed by atoms with Crippen molar-refractivity contribution >= 4 is 6.03 Å². The first-order chi connectivity index (χ1) is 11.0. The van der Waals surface area contributed by atoms with E-state index in [2.05, 4.69) is 15.4 Å². The molecule has 0 unspecified atom stereocenters. The van der Waals surface area contributed by atoms with E-state index in [1.54, 1.807) is 24.5 Å². The van der Waals surface area contributed by atoms with Gasteiger partial charge < -0.3 is 19.8 Å². The molecule has 0 radical (unpaired) electrons. The molecule has 1 heterocycles. The minimum atomic E-state index is -2.83. The van der Waals surface area contributed by atoms with Crippen LogP contribution in [-0.4, -0.2) is 19.2 Å². The third kappa shape index (κ3) is 5.61. The van der Waals surface area contributed by atoms with Crippen LogP contribution < -0.4 is 15.4 Å². The molecule has 0 spiro atoms. The lowest BCUT2D eigenvalue weighted by Crippen LogP contribution is -2.36. The summed E-state index contributed by atoms with van der Waals surface area (Å²) >= 11 is 0. The van der Waals surface area contributed by atoms with Gasteiger partial charge in [-0.15, -0.1) is 0 Å². The second-order valence-corrected chi connectivity index (χ2v) is 4.88. The van der Waals surface area contributed by atoms with E-state index in [1.807, 2.05) is 6.92 Å². The number of hydrogen-bond acceptors (Lipinski definition) is 3. The fourth-order valence-electron chi connectivity index (χ4n) is 1.99. The van der Waals surface area contributed by atoms with Gasteiger partial charge in [0.05, 0.1) is 6.26 Å². The third-order valence-electron chi connectivity index (χ3n) is 3.25. The van der Waals surface area contributed by atoms with E-state index in [0.717, 1.165) is 16.9 Å². The molecule has 2 amide bonds. The van der Waals surface area contributed by atoms with Crippen molar-refractivity contribution in [2.24, 2.45) is 0 Å². The van der Waals surface area contributed by atoms with Crippen LogP contribution in [0.15, 0.2) is 41.0 Å². The summed E-state index contributed by atoms with van der Waals surface area (Å²) < 4.78 is 33.5. The number of urea groups is 1. The summed E-state index contributed by atoms with van der Waals surface area (Å²) in [7, 11) is 0. The van der Waals surface area contributed by atoms with Crippen molar-refractivity contribution in [3.05, 3.63) is 53.5 Å². The number of alkyl halides is 2. The Morgan fingerprint density at radius 3 is 2.57 bits per heavy atom. The first-order valence-corrected chi connectivity index (χ1v) is 7.13. The average Bonchev–Trinajstić information content (AvgIpc) is 2.92. The number of amides is 2. The zero-order valence-corrected chi connectivity index (χ0v) is 12.6. The number of carbonyl (C=O) groups is 1. The van der Waals surface area contributed by atoms with Gasteiger partial charge in [-0.25, -0.2) is 4.79 Å². The summed E-state index contributed by atoms with van der Waals surface area (Å²) in [6.45, 7) is -0.167. The number of benzene rings is 1. The zero-order valence-electron chi connectivity index (χ0n) is 12.6. The normalized spacial score (nSPS) is 10.6. The highest BCUT2D eigenvalue weighted by Gasteiger charge is 2.05. The number of aryl methyl sites for hydroxylation is 1. The van der Waals surface area contributed by atoms with Gasteiger partial charge in [-0.05, 0) is 37.1 Å². The molecule has 0 aliphatic heterocycles. The van der Waals surface area contributed by atoms with Crippen molar-refractivity contribution in [3.8, 4) is 5.75 Å². The van der Waals surface area contributed by atoms with E-state index in [1.165, 1.54) is 12.1 Å². The van der Waals surface area contributed by atoms with Gasteiger partial charge in [-0.2, -0.15) is 8.78 Å². The maximum atomic E-state index is 12.0. The lowest BCUT2D eigenvalue weighted by molar-refractivity contribution is -0.0498. The molecule has 0 fully saturated rings. The van der Waals surface area contributed by atoms with Crippen LogP contribution in [-0.2, 0) is 13.0 Å². The van der Waals surface area contributed by atoms with Crippen molar-refractivity contribution in [1.29, 1.82) is 0 Å². The Morgan fingerprint density at radius 1 is 1.22 bits per heavy atom. The van der Waals surface area contributed by atoms with Crippen LogP contribution in [0.3, 0.4) is 0 Å². The zero-order chi connectivity index (χ0) is 16.7. The Morgan fingerprint density at radius 2 is 1.96 bits per heavy atom. The van der Waals surface area contributed by atoms with E-state index in [9.17, 15) is 13.6 Å². The Labute approximate surface area is 132 Å². The third-order valence-corrected chi connectivity index (χ3v) is 3.25. The molecule has 0 atom stereocenters. The SMILES string of the molecule is Cc1occc1CNC(=O)NCCc1ccc(OC(F)F)cc1. The predicted molar refractivity (Wildman–Crippen MR) is 80.5 cm³/mol. The molecule has 0 aliphatic carbocycles. The molecule has 0 saturated heterocycles. The van der Waals surface area contributed by atoms with Crippen LogP contribution in [0.25, 0.3) is 0 Å². The van der Waals surface area contributed by atoms with E-state index in [4.69, 9.17) is 4.42 Å². The van der Waals surface area contributed by atoms with Gasteiger partial charge in [0, 0.05) is 18.7 Å². The Kier molecular flexibility index (Phi) is 5.96. The van der Waals surface area contributed by atoms with E-state index < -0.39 is 6.61 Å². The summed E-state index contributed by atoms with van der Waals surface area (Å²) in [5, 5.41) is 5.46. The molecule has 1 aromatic heterocycles. The summed E-state index contributed by atoms with van der Waals surface area (Å²) in [6, 6.07) is 7.85. The minimum Gasteiger partial charge on any atom is -0.469 e. The van der Waals surface area contributed by atoms with Gasteiger partial charge in [-0.1, -0.05) is 12.1 Å². The molecule has 2 N–H and O–H groups in total. The van der Waals surface area contributed by atoms with Gasteiger partial charge >= 0.3 is 12.6 Å². The molecule has 0 saturated carbocycles. The quantitative estimate of drug-likeness (QED) is 0.822. The highest BCUT2D eigenvalue weighted by molar-refractivity contribution is 5.73. The molecule has 2 aromatic rings. The molecule has 5 nitrogen and oxygen atoms in total. The molecule has 7 heteroatoms. The molecule has 2 rings (SSSR count). The van der Waals surface area contributed by atoms with Crippen LogP contribution in [0.1, 0.15) is 16.9 Å². The lowest BCUT2D eigenvalue weighted by Gasteiger charge is -2.08. The number of halogens is 2. The van der Waals surface area contributed by atoms with Crippen molar-refractivity contribution in [2.45, 2.75) is 26.5 Å². The second kappa shape index (κ2) is 8.17. The van der Waals surface area contributed by atoms with E-state index in [-0.39, 0.29) is 11.8 Å². The summed E-state index contributed by atoms with van der Waals surface area (Å²) in [6.07, 6.45) is 2.17. The minimum absolute atomic E-state index is 0.116. The topological polar surface area (TPSA) is 63.5 Å². The van der Waals surface area contributed by atoms with Crippen LogP contribution in [0.5, 0.6) is 5.75 Å². The van der Waals surface area contributed by atoms with Gasteiger partial charge in [-0.3, -0.25) is 0 Å². The second-order valence-electron chi connectivity index (χ2n) is 4.88. The standard InChI is InChI=1S/C16H18F2N2O3/c1-11-13(7-9-22-11)10-20-16(21)19-8-6-12-2-4-14(5-3-12)23-15(17)18/h2-5,7,9,15H,6,8,10H2,1H3,(H2,19,20,21). The number of ether oxygens (including phenoxy) is 1. The smallest absolute Gasteiger partial charge is 0.387 e. The number of furan rings is 1.